The molecule has 4 atom stereocenters. The molecule has 1 amide bonds. The van der Waals surface area contributed by atoms with Crippen LogP contribution in [0.2, 0.25) is 0 Å². The smallest absolute Gasteiger partial charge is 0.439 e. The molecule has 3 heterocycles. The number of fused-ring (bicyclic) bond motifs is 1. The van der Waals surface area contributed by atoms with Crippen LogP contribution in [-0.2, 0) is 9.47 Å². The van der Waals surface area contributed by atoms with Crippen LogP contribution in [0, 0.1) is 0 Å². The molecule has 2 aromatic heterocycles. The summed E-state index contributed by atoms with van der Waals surface area (Å²) in [6.45, 7) is 0.853. The van der Waals surface area contributed by atoms with Crippen LogP contribution in [0.4, 0.5) is 10.6 Å². The van der Waals surface area contributed by atoms with Crippen molar-refractivity contribution in [1.82, 2.24) is 19.5 Å². The van der Waals surface area contributed by atoms with E-state index in [0.717, 1.165) is 13.4 Å². The lowest BCUT2D eigenvalue weighted by atomic mass is 9.96. The monoisotopic (exact) mass is 355 g/mol. The highest BCUT2D eigenvalue weighted by Gasteiger charge is 2.53. The highest BCUT2D eigenvalue weighted by molar-refractivity contribution is 5.93. The zero-order chi connectivity index (χ0) is 18.4. The first-order valence-corrected chi connectivity index (χ1v) is 7.24. The molecule has 0 spiro atoms. The number of nitrogens with zero attached hydrogens (tertiary/aromatic N) is 5. The summed E-state index contributed by atoms with van der Waals surface area (Å²) in [7, 11) is 1.09. The van der Waals surface area contributed by atoms with Gasteiger partial charge in [-0.3, -0.25) is 9.77 Å². The number of hydrogen-bond acceptors (Lipinski definition) is 10. The number of rotatable bonds is 3. The molecule has 12 nitrogen and oxygen atoms in total. The van der Waals surface area contributed by atoms with E-state index in [1.807, 2.05) is 0 Å². The zero-order valence-corrected chi connectivity index (χ0v) is 13.3. The Morgan fingerprint density at radius 3 is 2.80 bits per heavy atom. The average molecular weight is 355 g/mol. The predicted molar refractivity (Wildman–Crippen MR) is 79.6 cm³/mol. The molecular formula is C13H17N5O7. The summed E-state index contributed by atoms with van der Waals surface area (Å²) in [5.41, 5.74) is -1.58. The maximum atomic E-state index is 11.5. The number of carbonyl (C=O) groups excluding carboxylic acids is 1. The summed E-state index contributed by atoms with van der Waals surface area (Å²) in [5.74, 6) is -0.229. The Labute approximate surface area is 140 Å². The molecule has 1 fully saturated rings. The van der Waals surface area contributed by atoms with Crippen molar-refractivity contribution in [2.75, 3.05) is 18.8 Å². The molecule has 3 rings (SSSR count). The highest BCUT2D eigenvalue weighted by atomic mass is 16.6. The Morgan fingerprint density at radius 1 is 1.48 bits per heavy atom. The third-order valence-electron chi connectivity index (χ3n) is 4.07. The van der Waals surface area contributed by atoms with Gasteiger partial charge < -0.3 is 24.8 Å². The molecular weight excluding hydrogens is 338 g/mol. The SMILES string of the molecule is COC(=O)N(O)c1ncnc2c1ncn2[C@@H]1O[C@H](CO)[C@@H](O)[C@@]1(C)O. The van der Waals surface area contributed by atoms with Gasteiger partial charge in [-0.1, -0.05) is 0 Å². The largest absolute Gasteiger partial charge is 0.451 e. The number of ether oxygens (including phenoxy) is 2. The Morgan fingerprint density at radius 2 is 2.20 bits per heavy atom. The molecule has 0 saturated carbocycles. The number of carbonyl (C=O) groups is 1. The molecule has 1 saturated heterocycles. The second-order valence-electron chi connectivity index (χ2n) is 5.68. The molecule has 0 unspecified atom stereocenters. The van der Waals surface area contributed by atoms with Crippen LogP contribution in [0.5, 0.6) is 0 Å². The van der Waals surface area contributed by atoms with Gasteiger partial charge in [-0.2, -0.15) is 0 Å². The van der Waals surface area contributed by atoms with Crippen molar-refractivity contribution in [3.63, 3.8) is 0 Å². The fraction of sp³-hybridized carbons (Fsp3) is 0.538. The summed E-state index contributed by atoms with van der Waals surface area (Å²) in [4.78, 5) is 23.3. The number of hydroxylamine groups is 1. The summed E-state index contributed by atoms with van der Waals surface area (Å²) in [6.07, 6.45) is -2.20. The van der Waals surface area contributed by atoms with Gasteiger partial charge in [0.1, 0.15) is 24.1 Å². The Hall–Kier alpha value is -2.38. The molecule has 0 radical (unpaired) electrons. The van der Waals surface area contributed by atoms with Gasteiger partial charge in [0.2, 0.25) is 0 Å². The van der Waals surface area contributed by atoms with Crippen molar-refractivity contribution in [3.05, 3.63) is 12.7 Å². The average Bonchev–Trinajstić information content (AvgIpc) is 3.12. The molecule has 25 heavy (non-hydrogen) atoms. The van der Waals surface area contributed by atoms with Gasteiger partial charge in [0.05, 0.1) is 20.0 Å². The zero-order valence-electron chi connectivity index (χ0n) is 13.3. The molecule has 0 bridgehead atoms. The first kappa shape index (κ1) is 17.4. The van der Waals surface area contributed by atoms with Crippen LogP contribution >= 0.6 is 0 Å². The second-order valence-corrected chi connectivity index (χ2v) is 5.68. The van der Waals surface area contributed by atoms with Gasteiger partial charge in [-0.25, -0.2) is 19.7 Å². The summed E-state index contributed by atoms with van der Waals surface area (Å²) in [5, 5.41) is 39.9. The quantitative estimate of drug-likeness (QED) is 0.388. The molecule has 0 aliphatic carbocycles. The van der Waals surface area contributed by atoms with Crippen molar-refractivity contribution < 1.29 is 34.8 Å². The van der Waals surface area contributed by atoms with Gasteiger partial charge >= 0.3 is 6.09 Å². The van der Waals surface area contributed by atoms with Crippen molar-refractivity contribution in [1.29, 1.82) is 0 Å². The van der Waals surface area contributed by atoms with Gasteiger partial charge in [0, 0.05) is 0 Å². The molecule has 1 aliphatic heterocycles. The lowest BCUT2D eigenvalue weighted by Crippen LogP contribution is -2.44. The van der Waals surface area contributed by atoms with E-state index in [2.05, 4.69) is 19.7 Å². The summed E-state index contributed by atoms with van der Waals surface area (Å²) in [6, 6.07) is 0. The predicted octanol–water partition coefficient (Wildman–Crippen LogP) is -1.21. The lowest BCUT2D eigenvalue weighted by Gasteiger charge is -2.27. The Balaban J connectivity index is 2.07. The van der Waals surface area contributed by atoms with E-state index in [-0.39, 0.29) is 22.0 Å². The minimum atomic E-state index is -1.74. The van der Waals surface area contributed by atoms with Crippen LogP contribution in [0.25, 0.3) is 11.2 Å². The van der Waals surface area contributed by atoms with E-state index in [1.165, 1.54) is 17.8 Å². The molecule has 12 heteroatoms. The standard InChI is InChI=1S/C13H17N5O7/c1-13(22)8(20)6(3-19)25-11(13)17-5-16-7-9(17)14-4-15-10(7)18(23)12(21)24-2/h4-6,8,11,19-20,22-23H,3H2,1-2H3/t6-,8-,11-,13-/m1/s1. The molecule has 136 valence electrons. The summed E-state index contributed by atoms with van der Waals surface area (Å²) >= 11 is 0. The minimum absolute atomic E-state index is 0.0386. The molecule has 2 aromatic rings. The second kappa shape index (κ2) is 6.16. The Kier molecular flexibility index (Phi) is 4.30. The fourth-order valence-electron chi connectivity index (χ4n) is 2.73. The van der Waals surface area contributed by atoms with Gasteiger partial charge in [-0.05, 0) is 6.92 Å². The van der Waals surface area contributed by atoms with E-state index >= 15 is 0 Å². The van der Waals surface area contributed by atoms with E-state index in [1.54, 1.807) is 0 Å². The van der Waals surface area contributed by atoms with E-state index < -0.39 is 36.7 Å². The van der Waals surface area contributed by atoms with Crippen molar-refractivity contribution in [2.45, 2.75) is 31.0 Å². The van der Waals surface area contributed by atoms with Crippen molar-refractivity contribution in [2.24, 2.45) is 0 Å². The van der Waals surface area contributed by atoms with E-state index in [0.29, 0.717) is 0 Å². The molecule has 4 N–H and O–H groups in total. The van der Waals surface area contributed by atoms with Gasteiger partial charge in [0.25, 0.3) is 0 Å². The fourth-order valence-corrected chi connectivity index (χ4v) is 2.73. The topological polar surface area (TPSA) is 163 Å². The van der Waals surface area contributed by atoms with Crippen LogP contribution < -0.4 is 5.06 Å². The first-order chi connectivity index (χ1) is 11.8. The van der Waals surface area contributed by atoms with Gasteiger partial charge in [0.15, 0.2) is 23.2 Å². The number of amides is 1. The van der Waals surface area contributed by atoms with Crippen molar-refractivity contribution in [3.8, 4) is 0 Å². The number of aromatic nitrogens is 4. The highest BCUT2D eigenvalue weighted by Crippen LogP contribution is 2.39. The maximum absolute atomic E-state index is 11.5. The van der Waals surface area contributed by atoms with Crippen LogP contribution in [0.3, 0.4) is 0 Å². The first-order valence-electron chi connectivity index (χ1n) is 7.24. The number of anilines is 1. The Bertz CT molecular complexity index is 794. The van der Waals surface area contributed by atoms with E-state index in [4.69, 9.17) is 4.74 Å². The normalized spacial score (nSPS) is 29.1. The third-order valence-corrected chi connectivity index (χ3v) is 4.07. The molecule has 1 aliphatic rings. The summed E-state index contributed by atoms with van der Waals surface area (Å²) < 4.78 is 11.2. The van der Waals surface area contributed by atoms with Crippen LogP contribution in [0.1, 0.15) is 13.2 Å². The van der Waals surface area contributed by atoms with Crippen LogP contribution in [-0.4, -0.2) is 77.7 Å². The van der Waals surface area contributed by atoms with Gasteiger partial charge in [-0.15, -0.1) is 5.06 Å². The van der Waals surface area contributed by atoms with Crippen molar-refractivity contribution >= 4 is 23.1 Å². The number of imidazole rings is 1. The van der Waals surface area contributed by atoms with E-state index in [9.17, 15) is 25.3 Å². The van der Waals surface area contributed by atoms with Crippen LogP contribution in [0.15, 0.2) is 12.7 Å². The molecule has 0 aromatic carbocycles. The third kappa shape index (κ3) is 2.60. The minimum Gasteiger partial charge on any atom is -0.451 e. The number of aliphatic hydroxyl groups excluding tert-OH is 2. The number of methoxy groups -OCH3 is 1. The maximum Gasteiger partial charge on any atom is 0.439 e. The number of aliphatic hydroxyl groups is 3. The lowest BCUT2D eigenvalue weighted by molar-refractivity contribution is -0.0950. The number of hydrogen-bond donors (Lipinski definition) is 4.